The Labute approximate surface area is 164 Å². The van der Waals surface area contributed by atoms with E-state index >= 15 is 0 Å². The molecule has 146 valence electrons. The second-order valence-corrected chi connectivity index (χ2v) is 8.29. The third-order valence-corrected chi connectivity index (χ3v) is 4.87. The number of nitrogens with one attached hydrogen (secondary N) is 2. The molecule has 1 amide bonds. The number of anilines is 2. The number of benzene rings is 2. The van der Waals surface area contributed by atoms with Crippen molar-refractivity contribution in [1.82, 2.24) is 9.78 Å². The van der Waals surface area contributed by atoms with Gasteiger partial charge in [0.25, 0.3) is 0 Å². The number of carbonyl (C=O) groups excluding carboxylic acids is 1. The Hall–Kier alpha value is -3.13. The fourth-order valence-electron chi connectivity index (χ4n) is 2.99. The summed E-state index contributed by atoms with van der Waals surface area (Å²) in [5.74, 6) is -0.249. The zero-order valence-corrected chi connectivity index (χ0v) is 16.7. The SMILES string of the molecule is Cc1nn(-c2ccccc2)c(C)c1CC(=O)Nc1ccccc1NS(C)(=O)=O. The van der Waals surface area contributed by atoms with Gasteiger partial charge in [0.15, 0.2) is 0 Å². The summed E-state index contributed by atoms with van der Waals surface area (Å²) >= 11 is 0. The molecule has 7 nitrogen and oxygen atoms in total. The molecule has 2 aromatic carbocycles. The lowest BCUT2D eigenvalue weighted by atomic mass is 10.1. The van der Waals surface area contributed by atoms with Crippen LogP contribution in [-0.2, 0) is 21.2 Å². The highest BCUT2D eigenvalue weighted by atomic mass is 32.2. The Kier molecular flexibility index (Phi) is 5.51. The molecule has 3 rings (SSSR count). The van der Waals surface area contributed by atoms with Crippen molar-refractivity contribution in [3.05, 3.63) is 71.5 Å². The molecule has 0 atom stereocenters. The molecular weight excluding hydrogens is 376 g/mol. The van der Waals surface area contributed by atoms with Crippen LogP contribution in [0.15, 0.2) is 54.6 Å². The molecule has 0 saturated heterocycles. The van der Waals surface area contributed by atoms with Gasteiger partial charge >= 0.3 is 0 Å². The van der Waals surface area contributed by atoms with E-state index in [0.29, 0.717) is 11.4 Å². The van der Waals surface area contributed by atoms with Crippen LogP contribution in [0.1, 0.15) is 17.0 Å². The van der Waals surface area contributed by atoms with Crippen LogP contribution in [0.5, 0.6) is 0 Å². The molecule has 0 unspecified atom stereocenters. The quantitative estimate of drug-likeness (QED) is 0.667. The van der Waals surface area contributed by atoms with Crippen LogP contribution >= 0.6 is 0 Å². The number of hydrogen-bond acceptors (Lipinski definition) is 4. The molecule has 0 spiro atoms. The van der Waals surface area contributed by atoms with E-state index < -0.39 is 10.0 Å². The standard InChI is InChI=1S/C20H22N4O3S/c1-14-17(15(2)24(22-14)16-9-5-4-6-10-16)13-20(25)21-18-11-7-8-12-19(18)23-28(3,26)27/h4-12,23H,13H2,1-3H3,(H,21,25). The molecule has 1 heterocycles. The molecule has 3 aromatic rings. The summed E-state index contributed by atoms with van der Waals surface area (Å²) in [6.07, 6.45) is 1.20. The summed E-state index contributed by atoms with van der Waals surface area (Å²) < 4.78 is 27.3. The number of hydrogen-bond donors (Lipinski definition) is 2. The van der Waals surface area contributed by atoms with Gasteiger partial charge in [-0.3, -0.25) is 9.52 Å². The Bertz CT molecular complexity index is 1110. The minimum Gasteiger partial charge on any atom is -0.324 e. The van der Waals surface area contributed by atoms with Gasteiger partial charge in [-0.15, -0.1) is 0 Å². The number of carbonyl (C=O) groups is 1. The number of amides is 1. The summed E-state index contributed by atoms with van der Waals surface area (Å²) in [5, 5.41) is 7.33. The Morgan fingerprint density at radius 3 is 2.25 bits per heavy atom. The van der Waals surface area contributed by atoms with Crippen molar-refractivity contribution in [2.45, 2.75) is 20.3 Å². The molecule has 0 fully saturated rings. The highest BCUT2D eigenvalue weighted by molar-refractivity contribution is 7.92. The lowest BCUT2D eigenvalue weighted by Crippen LogP contribution is -2.18. The van der Waals surface area contributed by atoms with E-state index in [1.165, 1.54) is 0 Å². The number of sulfonamides is 1. The largest absolute Gasteiger partial charge is 0.324 e. The first-order chi connectivity index (χ1) is 13.2. The number of aryl methyl sites for hydroxylation is 1. The third kappa shape index (κ3) is 4.58. The monoisotopic (exact) mass is 398 g/mol. The topological polar surface area (TPSA) is 93.1 Å². The summed E-state index contributed by atoms with van der Waals surface area (Å²) in [7, 11) is -3.45. The fraction of sp³-hybridized carbons (Fsp3) is 0.200. The Morgan fingerprint density at radius 2 is 1.61 bits per heavy atom. The van der Waals surface area contributed by atoms with E-state index in [1.54, 1.807) is 24.3 Å². The average Bonchev–Trinajstić information content (AvgIpc) is 2.91. The zero-order valence-electron chi connectivity index (χ0n) is 15.9. The molecule has 0 radical (unpaired) electrons. The van der Waals surface area contributed by atoms with Crippen LogP contribution in [0.2, 0.25) is 0 Å². The Balaban J connectivity index is 1.81. The smallest absolute Gasteiger partial charge is 0.229 e. The van der Waals surface area contributed by atoms with Crippen molar-refractivity contribution in [2.24, 2.45) is 0 Å². The maximum atomic E-state index is 12.6. The van der Waals surface area contributed by atoms with E-state index in [4.69, 9.17) is 0 Å². The first-order valence-corrected chi connectivity index (χ1v) is 10.6. The van der Waals surface area contributed by atoms with Crippen molar-refractivity contribution >= 4 is 27.3 Å². The maximum absolute atomic E-state index is 12.6. The fourth-order valence-corrected chi connectivity index (χ4v) is 3.56. The molecule has 8 heteroatoms. The van der Waals surface area contributed by atoms with Crippen molar-refractivity contribution in [1.29, 1.82) is 0 Å². The highest BCUT2D eigenvalue weighted by Crippen LogP contribution is 2.23. The minimum absolute atomic E-state index is 0.137. The van der Waals surface area contributed by atoms with Gasteiger partial charge in [-0.05, 0) is 38.1 Å². The summed E-state index contributed by atoms with van der Waals surface area (Å²) in [6, 6.07) is 16.4. The normalized spacial score (nSPS) is 11.2. The maximum Gasteiger partial charge on any atom is 0.229 e. The lowest BCUT2D eigenvalue weighted by Gasteiger charge is -2.12. The first-order valence-electron chi connectivity index (χ1n) is 8.72. The van der Waals surface area contributed by atoms with Crippen LogP contribution in [-0.4, -0.2) is 30.4 Å². The van der Waals surface area contributed by atoms with E-state index in [1.807, 2.05) is 48.9 Å². The molecule has 28 heavy (non-hydrogen) atoms. The predicted molar refractivity (Wildman–Crippen MR) is 110 cm³/mol. The van der Waals surface area contributed by atoms with Gasteiger partial charge in [0, 0.05) is 11.3 Å². The van der Waals surface area contributed by atoms with Gasteiger partial charge in [-0.25, -0.2) is 13.1 Å². The van der Waals surface area contributed by atoms with Crippen LogP contribution in [0.4, 0.5) is 11.4 Å². The van der Waals surface area contributed by atoms with Crippen LogP contribution < -0.4 is 10.0 Å². The predicted octanol–water partition coefficient (Wildman–Crippen LogP) is 3.04. The molecule has 2 N–H and O–H groups in total. The Morgan fingerprint density at radius 1 is 1.00 bits per heavy atom. The number of aromatic nitrogens is 2. The van der Waals surface area contributed by atoms with E-state index in [-0.39, 0.29) is 12.3 Å². The van der Waals surface area contributed by atoms with Crippen LogP contribution in [0.25, 0.3) is 5.69 Å². The number of rotatable bonds is 6. The first kappa shape index (κ1) is 19.6. The van der Waals surface area contributed by atoms with Crippen LogP contribution in [0.3, 0.4) is 0 Å². The van der Waals surface area contributed by atoms with Crippen molar-refractivity contribution in [3.63, 3.8) is 0 Å². The highest BCUT2D eigenvalue weighted by Gasteiger charge is 2.17. The molecule has 1 aromatic heterocycles. The summed E-state index contributed by atoms with van der Waals surface area (Å²) in [4.78, 5) is 12.6. The van der Waals surface area contributed by atoms with Crippen molar-refractivity contribution in [2.75, 3.05) is 16.3 Å². The van der Waals surface area contributed by atoms with Gasteiger partial charge in [0.05, 0.1) is 35.4 Å². The van der Waals surface area contributed by atoms with Gasteiger partial charge in [-0.2, -0.15) is 5.10 Å². The summed E-state index contributed by atoms with van der Waals surface area (Å²) in [5.41, 5.74) is 4.17. The van der Waals surface area contributed by atoms with E-state index in [0.717, 1.165) is 28.9 Å². The van der Waals surface area contributed by atoms with Gasteiger partial charge in [0.2, 0.25) is 15.9 Å². The molecule has 0 aliphatic rings. The second kappa shape index (κ2) is 7.85. The van der Waals surface area contributed by atoms with Gasteiger partial charge in [-0.1, -0.05) is 30.3 Å². The lowest BCUT2D eigenvalue weighted by molar-refractivity contribution is -0.115. The van der Waals surface area contributed by atoms with Gasteiger partial charge < -0.3 is 5.32 Å². The third-order valence-electron chi connectivity index (χ3n) is 4.28. The number of nitrogens with zero attached hydrogens (tertiary/aromatic N) is 2. The minimum atomic E-state index is -3.45. The summed E-state index contributed by atoms with van der Waals surface area (Å²) in [6.45, 7) is 3.79. The molecule has 0 aliphatic carbocycles. The second-order valence-electron chi connectivity index (χ2n) is 6.54. The average molecular weight is 398 g/mol. The van der Waals surface area contributed by atoms with E-state index in [2.05, 4.69) is 15.1 Å². The number of para-hydroxylation sites is 3. The molecule has 0 saturated carbocycles. The molecule has 0 bridgehead atoms. The zero-order chi connectivity index (χ0) is 20.3. The molecular formula is C20H22N4O3S. The molecule has 0 aliphatic heterocycles. The van der Waals surface area contributed by atoms with Crippen molar-refractivity contribution in [3.8, 4) is 5.69 Å². The van der Waals surface area contributed by atoms with E-state index in [9.17, 15) is 13.2 Å². The van der Waals surface area contributed by atoms with Crippen molar-refractivity contribution < 1.29 is 13.2 Å². The van der Waals surface area contributed by atoms with Gasteiger partial charge in [0.1, 0.15) is 0 Å². The van der Waals surface area contributed by atoms with Crippen LogP contribution in [0, 0.1) is 13.8 Å².